The van der Waals surface area contributed by atoms with Crippen molar-refractivity contribution >= 4 is 39.7 Å². The van der Waals surface area contributed by atoms with Gasteiger partial charge in [0.25, 0.3) is 0 Å². The van der Waals surface area contributed by atoms with Crippen molar-refractivity contribution in [3.63, 3.8) is 0 Å². The van der Waals surface area contributed by atoms with E-state index in [4.69, 9.17) is 15.7 Å². The smallest absolute Gasteiger partial charge is 0.475 e. The first-order valence-corrected chi connectivity index (χ1v) is 14.2. The van der Waals surface area contributed by atoms with Crippen molar-refractivity contribution in [3.05, 3.63) is 89.0 Å². The van der Waals surface area contributed by atoms with Crippen LogP contribution in [0.4, 0.5) is 13.2 Å². The van der Waals surface area contributed by atoms with Gasteiger partial charge in [-0.2, -0.15) is 23.0 Å². The molecule has 2 aliphatic carbocycles. The molecule has 1 fully saturated rings. The summed E-state index contributed by atoms with van der Waals surface area (Å²) < 4.78 is 60.5. The molecule has 2 aromatic rings. The maximum absolute atomic E-state index is 13.1. The molecule has 3 atom stereocenters. The number of carboxylic acids is 1. The topological polar surface area (TPSA) is 176 Å². The molecule has 2 aromatic carbocycles. The van der Waals surface area contributed by atoms with Crippen LogP contribution in [0.15, 0.2) is 76.8 Å². The second kappa shape index (κ2) is 12.3. The normalized spacial score (nSPS) is 21.4. The third-order valence-corrected chi connectivity index (χ3v) is 8.43. The van der Waals surface area contributed by atoms with Crippen LogP contribution in [0.3, 0.4) is 0 Å². The predicted molar refractivity (Wildman–Crippen MR) is 146 cm³/mol. The Labute approximate surface area is 243 Å². The van der Waals surface area contributed by atoms with E-state index in [9.17, 15) is 36.0 Å². The molecule has 3 aliphatic rings. The highest BCUT2D eigenvalue weighted by molar-refractivity contribution is 7.89. The van der Waals surface area contributed by atoms with Crippen molar-refractivity contribution in [2.45, 2.75) is 30.1 Å². The Morgan fingerprint density at radius 3 is 2.28 bits per heavy atom. The molecule has 1 saturated heterocycles. The van der Waals surface area contributed by atoms with E-state index in [0.717, 1.165) is 11.1 Å². The number of amides is 1. The highest BCUT2D eigenvalue weighted by Gasteiger charge is 2.41. The minimum Gasteiger partial charge on any atom is -0.475 e. The van der Waals surface area contributed by atoms with E-state index in [0.29, 0.717) is 19.5 Å². The molecule has 4 N–H and O–H groups in total. The Morgan fingerprint density at radius 2 is 1.67 bits per heavy atom. The van der Waals surface area contributed by atoms with Crippen LogP contribution in [-0.4, -0.2) is 66.8 Å². The lowest BCUT2D eigenvalue weighted by atomic mass is 9.72. The predicted octanol–water partition coefficient (Wildman–Crippen LogP) is 2.43. The Kier molecular flexibility index (Phi) is 8.96. The first kappa shape index (κ1) is 31.3. The number of benzene rings is 2. The van der Waals surface area contributed by atoms with Crippen LogP contribution in [-0.2, 0) is 26.2 Å². The number of carbonyl (C=O) groups excluding carboxylic acids is 3. The molecule has 0 bridgehead atoms. The van der Waals surface area contributed by atoms with Crippen molar-refractivity contribution < 1.29 is 45.9 Å². The van der Waals surface area contributed by atoms with Crippen molar-refractivity contribution in [2.75, 3.05) is 6.54 Å². The number of carboxylic acid groups (broad SMARTS) is 1. The summed E-state index contributed by atoms with van der Waals surface area (Å²) in [7, 11) is -4.11. The van der Waals surface area contributed by atoms with E-state index < -0.39 is 40.0 Å². The number of hydrogen-bond donors (Lipinski definition) is 3. The molecule has 0 radical (unpaired) electrons. The largest absolute Gasteiger partial charge is 0.490 e. The van der Waals surface area contributed by atoms with Crippen molar-refractivity contribution in [1.29, 1.82) is 0 Å². The molecular formula is C28H25F3N4O7S. The molecule has 1 amide bonds. The third kappa shape index (κ3) is 6.89. The maximum atomic E-state index is 13.1. The van der Waals surface area contributed by atoms with Gasteiger partial charge in [0.1, 0.15) is 6.04 Å². The summed E-state index contributed by atoms with van der Waals surface area (Å²) in [5.41, 5.74) is 1.96. The van der Waals surface area contributed by atoms with Gasteiger partial charge in [0.15, 0.2) is 11.6 Å². The van der Waals surface area contributed by atoms with Crippen LogP contribution < -0.4 is 10.6 Å². The van der Waals surface area contributed by atoms with Gasteiger partial charge >= 0.3 is 12.1 Å². The lowest BCUT2D eigenvalue weighted by molar-refractivity contribution is -0.192. The fourth-order valence-electron chi connectivity index (χ4n) is 4.92. The lowest BCUT2D eigenvalue weighted by Gasteiger charge is -2.28. The number of sulfonamides is 1. The summed E-state index contributed by atoms with van der Waals surface area (Å²) in [5.74, 6) is 0.400. The number of alkyl halides is 3. The number of Topliss-reactive ketones (excluding diaryl/α,β-unsaturated/α-hetero) is 2. The van der Waals surface area contributed by atoms with Gasteiger partial charge in [-0.25, -0.2) is 13.2 Å². The summed E-state index contributed by atoms with van der Waals surface area (Å²) in [6, 6.07) is 10.4. The first-order valence-electron chi connectivity index (χ1n) is 12.7. The second-order valence-electron chi connectivity index (χ2n) is 9.81. The molecule has 2 unspecified atom stereocenters. The van der Waals surface area contributed by atoms with Crippen LogP contribution in [0, 0.1) is 11.8 Å². The second-order valence-corrected chi connectivity index (χ2v) is 11.5. The molecule has 11 nitrogen and oxygen atoms in total. The Balaban J connectivity index is 0.000000541. The van der Waals surface area contributed by atoms with E-state index >= 15 is 0 Å². The van der Waals surface area contributed by atoms with Crippen molar-refractivity contribution in [1.82, 2.24) is 9.62 Å². The van der Waals surface area contributed by atoms with Gasteiger partial charge in [-0.15, -0.1) is 0 Å². The van der Waals surface area contributed by atoms with Gasteiger partial charge in [0.2, 0.25) is 15.9 Å². The molecule has 1 aliphatic heterocycles. The average Bonchev–Trinajstić information content (AvgIpc) is 3.29. The molecule has 0 spiro atoms. The zero-order chi connectivity index (χ0) is 31.5. The van der Waals surface area contributed by atoms with Crippen LogP contribution in [0.1, 0.15) is 38.3 Å². The number of halogens is 3. The minimum absolute atomic E-state index is 0.0874. The number of nitrogens with zero attached hydrogens (tertiary/aromatic N) is 2. The molecule has 226 valence electrons. The fraction of sp³-hybridized carbons (Fsp3) is 0.250. The molecule has 0 saturated carbocycles. The van der Waals surface area contributed by atoms with E-state index in [1.807, 2.05) is 24.3 Å². The molecule has 0 aromatic heterocycles. The zero-order valence-electron chi connectivity index (χ0n) is 22.2. The molecular weight excluding hydrogens is 593 g/mol. The van der Waals surface area contributed by atoms with Gasteiger partial charge in [-0.3, -0.25) is 14.4 Å². The van der Waals surface area contributed by atoms with E-state index in [1.54, 1.807) is 29.2 Å². The van der Waals surface area contributed by atoms with Crippen molar-refractivity contribution in [2.24, 2.45) is 22.8 Å². The molecule has 1 heterocycles. The van der Waals surface area contributed by atoms with Gasteiger partial charge < -0.3 is 15.8 Å². The summed E-state index contributed by atoms with van der Waals surface area (Å²) in [4.78, 5) is 49.2. The number of carbonyl (C=O) groups is 4. The maximum Gasteiger partial charge on any atom is 0.490 e. The van der Waals surface area contributed by atoms with Gasteiger partial charge in [0.05, 0.1) is 22.9 Å². The SMILES string of the molecule is NN=Cc1cccc(CN2CC[C@H](NS(=O)(=O)c3ccc4c(c3)C(=O)C3C=CC=CC3C4=O)C2=O)c1.O=C(O)C(F)(F)F. The first-order chi connectivity index (χ1) is 20.2. The number of allylic oxidation sites excluding steroid dienone is 4. The summed E-state index contributed by atoms with van der Waals surface area (Å²) in [6.45, 7) is 0.713. The van der Waals surface area contributed by atoms with E-state index in [2.05, 4.69) is 9.82 Å². The standard InChI is InChI=1S/C26H24N4O5S.C2HF3O2/c27-28-14-16-4-3-5-17(12-16)15-30-11-10-23(26(30)33)29-36(34,35)18-8-9-21-22(13-18)25(32)20-7-2-1-6-19(20)24(21)31;3-2(4,5)1(6)7/h1-9,12-14,19-20,23,29H,10-11,15,27H2;(H,6,7)/t19?,20?,23-;/m0./s1. The number of fused-ring (bicyclic) bond motifs is 2. The number of hydrogen-bond acceptors (Lipinski definition) is 8. The number of rotatable bonds is 6. The van der Waals surface area contributed by atoms with Crippen LogP contribution in [0.2, 0.25) is 0 Å². The number of nitrogens with two attached hydrogens (primary N) is 1. The Hall–Kier alpha value is -4.63. The molecule has 15 heteroatoms. The monoisotopic (exact) mass is 618 g/mol. The quantitative estimate of drug-likeness (QED) is 0.251. The van der Waals surface area contributed by atoms with Crippen LogP contribution in [0.25, 0.3) is 0 Å². The van der Waals surface area contributed by atoms with E-state index in [-0.39, 0.29) is 33.5 Å². The number of ketones is 2. The number of hydrazone groups is 1. The number of likely N-dealkylation sites (tertiary alicyclic amines) is 1. The summed E-state index contributed by atoms with van der Waals surface area (Å²) >= 11 is 0. The lowest BCUT2D eigenvalue weighted by Crippen LogP contribution is -2.41. The molecule has 43 heavy (non-hydrogen) atoms. The molecule has 5 rings (SSSR count). The fourth-order valence-corrected chi connectivity index (χ4v) is 6.16. The van der Waals surface area contributed by atoms with Crippen LogP contribution >= 0.6 is 0 Å². The van der Waals surface area contributed by atoms with E-state index in [1.165, 1.54) is 24.4 Å². The summed E-state index contributed by atoms with van der Waals surface area (Å²) in [6.07, 6.45) is 3.53. The van der Waals surface area contributed by atoms with Gasteiger partial charge in [0, 0.05) is 24.2 Å². The highest BCUT2D eigenvalue weighted by atomic mass is 32.2. The third-order valence-electron chi connectivity index (χ3n) is 6.96. The van der Waals surface area contributed by atoms with Gasteiger partial charge in [-0.05, 0) is 41.8 Å². The zero-order valence-corrected chi connectivity index (χ0v) is 23.0. The summed E-state index contributed by atoms with van der Waals surface area (Å²) in [5, 5.41) is 10.6. The Bertz CT molecular complexity index is 1670. The average molecular weight is 619 g/mol. The number of aliphatic carboxylic acids is 1. The van der Waals surface area contributed by atoms with Crippen molar-refractivity contribution in [3.8, 4) is 0 Å². The van der Waals surface area contributed by atoms with Gasteiger partial charge in [-0.1, -0.05) is 42.5 Å². The number of nitrogens with one attached hydrogen (secondary N) is 1. The van der Waals surface area contributed by atoms with Crippen LogP contribution in [0.5, 0.6) is 0 Å². The Morgan fingerprint density at radius 1 is 1.05 bits per heavy atom. The minimum atomic E-state index is -5.08. The highest BCUT2D eigenvalue weighted by Crippen LogP contribution is 2.35.